The van der Waals surface area contributed by atoms with Crippen molar-refractivity contribution in [3.05, 3.63) is 71.9 Å². The highest BCUT2D eigenvalue weighted by molar-refractivity contribution is 5.92. The number of ether oxygens (including phenoxy) is 1. The number of nitrogens with one attached hydrogen (secondary N) is 1. The minimum absolute atomic E-state index is 0.0685. The summed E-state index contributed by atoms with van der Waals surface area (Å²) in [6, 6.07) is 16.8. The van der Waals surface area contributed by atoms with Crippen LogP contribution in [0.5, 0.6) is 5.75 Å². The van der Waals surface area contributed by atoms with Crippen LogP contribution in [-0.2, 0) is 4.79 Å². The van der Waals surface area contributed by atoms with Crippen molar-refractivity contribution in [3.63, 3.8) is 0 Å². The van der Waals surface area contributed by atoms with Gasteiger partial charge in [0.2, 0.25) is 5.89 Å². The number of hydrogen-bond acceptors (Lipinski definition) is 5. The molecule has 2 aromatic heterocycles. The number of aryl methyl sites for hydroxylation is 2. The van der Waals surface area contributed by atoms with Gasteiger partial charge in [0.1, 0.15) is 5.75 Å². The van der Waals surface area contributed by atoms with Crippen molar-refractivity contribution in [1.82, 2.24) is 9.97 Å². The number of carbonyl (C=O) groups excluding carboxylic acids is 1. The van der Waals surface area contributed by atoms with Gasteiger partial charge in [-0.1, -0.05) is 23.8 Å². The van der Waals surface area contributed by atoms with E-state index in [0.717, 1.165) is 16.7 Å². The Morgan fingerprint density at radius 2 is 2.00 bits per heavy atom. The first-order chi connectivity index (χ1) is 13.6. The molecule has 28 heavy (non-hydrogen) atoms. The third-order valence-electron chi connectivity index (χ3n) is 4.25. The molecule has 2 aromatic carbocycles. The molecule has 0 spiro atoms. The summed E-state index contributed by atoms with van der Waals surface area (Å²) in [6.07, 6.45) is 1.67. The monoisotopic (exact) mass is 373 g/mol. The number of hydrogen-bond donors (Lipinski definition) is 1. The normalized spacial score (nSPS) is 10.8. The van der Waals surface area contributed by atoms with Crippen LogP contribution in [0.4, 0.5) is 5.69 Å². The minimum Gasteiger partial charge on any atom is -0.483 e. The van der Waals surface area contributed by atoms with Gasteiger partial charge >= 0.3 is 0 Å². The lowest BCUT2D eigenvalue weighted by Gasteiger charge is -2.10. The van der Waals surface area contributed by atoms with E-state index in [9.17, 15) is 4.79 Å². The van der Waals surface area contributed by atoms with Crippen LogP contribution in [0.15, 0.2) is 65.2 Å². The van der Waals surface area contributed by atoms with Crippen LogP contribution in [0, 0.1) is 13.8 Å². The molecule has 0 fully saturated rings. The Morgan fingerprint density at radius 3 is 2.82 bits per heavy atom. The predicted molar refractivity (Wildman–Crippen MR) is 107 cm³/mol. The van der Waals surface area contributed by atoms with Gasteiger partial charge in [-0.2, -0.15) is 4.98 Å². The van der Waals surface area contributed by atoms with Gasteiger partial charge in [0.05, 0.1) is 0 Å². The molecule has 140 valence electrons. The molecular weight excluding hydrogens is 354 g/mol. The third kappa shape index (κ3) is 3.86. The molecule has 1 amide bonds. The molecule has 0 bridgehead atoms. The first-order valence-corrected chi connectivity index (χ1v) is 8.90. The number of nitrogens with zero attached hydrogens (tertiary/aromatic N) is 2. The van der Waals surface area contributed by atoms with Crippen LogP contribution in [0.25, 0.3) is 22.7 Å². The second kappa shape index (κ2) is 7.52. The fourth-order valence-electron chi connectivity index (χ4n) is 2.92. The lowest BCUT2D eigenvalue weighted by molar-refractivity contribution is -0.118. The van der Waals surface area contributed by atoms with Gasteiger partial charge in [-0.3, -0.25) is 4.79 Å². The summed E-state index contributed by atoms with van der Waals surface area (Å²) in [6.45, 7) is 3.91. The maximum Gasteiger partial charge on any atom is 0.262 e. The van der Waals surface area contributed by atoms with Gasteiger partial charge in [0, 0.05) is 17.4 Å². The summed E-state index contributed by atoms with van der Waals surface area (Å²) in [7, 11) is 0. The van der Waals surface area contributed by atoms with Crippen molar-refractivity contribution in [3.8, 4) is 17.2 Å². The Kier molecular flexibility index (Phi) is 4.76. The molecular formula is C22H19N3O3. The van der Waals surface area contributed by atoms with E-state index in [1.807, 2.05) is 50.2 Å². The molecule has 2 heterocycles. The summed E-state index contributed by atoms with van der Waals surface area (Å²) < 4.78 is 11.4. The standard InChI is InChI=1S/C22H19N3O3/c1-14-8-9-18(15(2)11-14)27-13-20(26)24-17-6-3-5-16(12-17)22-25-21-19(28-22)7-4-10-23-21/h3-12H,13H2,1-2H3,(H,24,26). The van der Waals surface area contributed by atoms with Crippen LogP contribution < -0.4 is 10.1 Å². The van der Waals surface area contributed by atoms with E-state index in [0.29, 0.717) is 28.6 Å². The summed E-state index contributed by atoms with van der Waals surface area (Å²) in [5.74, 6) is 0.918. The van der Waals surface area contributed by atoms with Crippen LogP contribution in [0.3, 0.4) is 0 Å². The van der Waals surface area contributed by atoms with Gasteiger partial charge in [0.15, 0.2) is 17.8 Å². The van der Waals surface area contributed by atoms with Gasteiger partial charge in [-0.05, 0) is 55.8 Å². The number of aromatic nitrogens is 2. The lowest BCUT2D eigenvalue weighted by atomic mass is 10.1. The van der Waals surface area contributed by atoms with E-state index in [-0.39, 0.29) is 12.5 Å². The van der Waals surface area contributed by atoms with E-state index >= 15 is 0 Å². The smallest absolute Gasteiger partial charge is 0.262 e. The average Bonchev–Trinajstić information content (AvgIpc) is 3.12. The quantitative estimate of drug-likeness (QED) is 0.556. The lowest BCUT2D eigenvalue weighted by Crippen LogP contribution is -2.20. The number of fused-ring (bicyclic) bond motifs is 1. The van der Waals surface area contributed by atoms with Gasteiger partial charge in [0.25, 0.3) is 5.91 Å². The molecule has 6 nitrogen and oxygen atoms in total. The average molecular weight is 373 g/mol. The fraction of sp³-hybridized carbons (Fsp3) is 0.136. The highest BCUT2D eigenvalue weighted by atomic mass is 16.5. The Balaban J connectivity index is 1.44. The summed E-state index contributed by atoms with van der Waals surface area (Å²) >= 11 is 0. The number of benzene rings is 2. The maximum absolute atomic E-state index is 12.3. The van der Waals surface area contributed by atoms with E-state index in [4.69, 9.17) is 9.15 Å². The highest BCUT2D eigenvalue weighted by Crippen LogP contribution is 2.25. The van der Waals surface area contributed by atoms with Crippen LogP contribution >= 0.6 is 0 Å². The molecule has 0 unspecified atom stereocenters. The number of amides is 1. The first kappa shape index (κ1) is 17.7. The maximum atomic E-state index is 12.3. The number of rotatable bonds is 5. The van der Waals surface area contributed by atoms with E-state index < -0.39 is 0 Å². The topological polar surface area (TPSA) is 77.2 Å². The highest BCUT2D eigenvalue weighted by Gasteiger charge is 2.11. The van der Waals surface area contributed by atoms with Gasteiger partial charge in [-0.25, -0.2) is 4.98 Å². The Morgan fingerprint density at radius 1 is 1.11 bits per heavy atom. The molecule has 1 N–H and O–H groups in total. The molecule has 0 radical (unpaired) electrons. The predicted octanol–water partition coefficient (Wildman–Crippen LogP) is 4.52. The van der Waals surface area contributed by atoms with Crippen molar-refractivity contribution in [1.29, 1.82) is 0 Å². The van der Waals surface area contributed by atoms with Gasteiger partial charge < -0.3 is 14.5 Å². The third-order valence-corrected chi connectivity index (χ3v) is 4.25. The number of anilines is 1. The molecule has 0 saturated carbocycles. The van der Waals surface area contributed by atoms with Gasteiger partial charge in [-0.15, -0.1) is 0 Å². The molecule has 0 aliphatic carbocycles. The zero-order chi connectivity index (χ0) is 19.5. The Bertz CT molecular complexity index is 1120. The van der Waals surface area contributed by atoms with Crippen LogP contribution in [0.2, 0.25) is 0 Å². The molecule has 6 heteroatoms. The number of oxazole rings is 1. The second-order valence-corrected chi connectivity index (χ2v) is 6.53. The molecule has 4 rings (SSSR count). The van der Waals surface area contributed by atoms with Crippen molar-refractivity contribution in [2.75, 3.05) is 11.9 Å². The number of carbonyl (C=O) groups is 1. The summed E-state index contributed by atoms with van der Waals surface area (Å²) in [4.78, 5) is 20.8. The van der Waals surface area contributed by atoms with Crippen molar-refractivity contribution in [2.24, 2.45) is 0 Å². The molecule has 0 saturated heterocycles. The van der Waals surface area contributed by atoms with Crippen LogP contribution in [-0.4, -0.2) is 22.5 Å². The summed E-state index contributed by atoms with van der Waals surface area (Å²) in [5.41, 5.74) is 4.72. The zero-order valence-electron chi connectivity index (χ0n) is 15.6. The Labute approximate surface area is 162 Å². The molecule has 0 aliphatic rings. The minimum atomic E-state index is -0.239. The summed E-state index contributed by atoms with van der Waals surface area (Å²) in [5, 5.41) is 2.84. The fourth-order valence-corrected chi connectivity index (χ4v) is 2.92. The molecule has 4 aromatic rings. The van der Waals surface area contributed by atoms with Crippen molar-refractivity contribution >= 4 is 22.8 Å². The second-order valence-electron chi connectivity index (χ2n) is 6.53. The largest absolute Gasteiger partial charge is 0.483 e. The Hall–Kier alpha value is -3.67. The number of pyridine rings is 1. The molecule has 0 aliphatic heterocycles. The first-order valence-electron chi connectivity index (χ1n) is 8.90. The van der Waals surface area contributed by atoms with Crippen molar-refractivity contribution in [2.45, 2.75) is 13.8 Å². The van der Waals surface area contributed by atoms with Crippen LogP contribution in [0.1, 0.15) is 11.1 Å². The van der Waals surface area contributed by atoms with E-state index in [1.54, 1.807) is 24.4 Å². The molecule has 0 atom stereocenters. The SMILES string of the molecule is Cc1ccc(OCC(=O)Nc2cccc(-c3nc4ncccc4o3)c2)c(C)c1. The van der Waals surface area contributed by atoms with E-state index in [1.165, 1.54) is 0 Å². The van der Waals surface area contributed by atoms with E-state index in [2.05, 4.69) is 15.3 Å². The van der Waals surface area contributed by atoms with Crippen molar-refractivity contribution < 1.29 is 13.9 Å². The zero-order valence-corrected chi connectivity index (χ0v) is 15.6.